The number of benzene rings is 1. The highest BCUT2D eigenvalue weighted by molar-refractivity contribution is 5.56. The SMILES string of the molecule is Cc1cc(NCCCCOC(C)C)ccc1N. The maximum absolute atomic E-state index is 5.77. The monoisotopic (exact) mass is 236 g/mol. The lowest BCUT2D eigenvalue weighted by atomic mass is 10.2. The molecule has 1 aromatic carbocycles. The van der Waals surface area contributed by atoms with Crippen molar-refractivity contribution in [2.45, 2.75) is 39.7 Å². The minimum absolute atomic E-state index is 0.336. The Morgan fingerprint density at radius 1 is 1.29 bits per heavy atom. The van der Waals surface area contributed by atoms with Crippen LogP contribution in [0.4, 0.5) is 11.4 Å². The van der Waals surface area contributed by atoms with E-state index in [2.05, 4.69) is 25.2 Å². The largest absolute Gasteiger partial charge is 0.399 e. The third-order valence-corrected chi connectivity index (χ3v) is 2.62. The summed E-state index contributed by atoms with van der Waals surface area (Å²) < 4.78 is 5.48. The van der Waals surface area contributed by atoms with Crippen molar-refractivity contribution in [2.75, 3.05) is 24.2 Å². The van der Waals surface area contributed by atoms with E-state index >= 15 is 0 Å². The van der Waals surface area contributed by atoms with Gasteiger partial charge >= 0.3 is 0 Å². The summed E-state index contributed by atoms with van der Waals surface area (Å²) in [6.07, 6.45) is 2.55. The first-order valence-electron chi connectivity index (χ1n) is 6.31. The standard InChI is InChI=1S/C14H24N2O/c1-11(2)17-9-5-4-8-16-13-6-7-14(15)12(3)10-13/h6-7,10-11,16H,4-5,8-9,15H2,1-3H3. The Kier molecular flexibility index (Phi) is 5.84. The van der Waals surface area contributed by atoms with Gasteiger partial charge < -0.3 is 15.8 Å². The second-order valence-electron chi connectivity index (χ2n) is 4.62. The number of anilines is 2. The van der Waals surface area contributed by atoms with Gasteiger partial charge in [-0.1, -0.05) is 0 Å². The van der Waals surface area contributed by atoms with Crippen molar-refractivity contribution in [2.24, 2.45) is 0 Å². The van der Waals surface area contributed by atoms with E-state index in [1.807, 2.05) is 19.1 Å². The van der Waals surface area contributed by atoms with Crippen LogP contribution >= 0.6 is 0 Å². The molecule has 0 bridgehead atoms. The summed E-state index contributed by atoms with van der Waals surface area (Å²) in [5.74, 6) is 0. The lowest BCUT2D eigenvalue weighted by Gasteiger charge is -2.09. The molecule has 3 nitrogen and oxygen atoms in total. The zero-order valence-corrected chi connectivity index (χ0v) is 11.1. The first kappa shape index (κ1) is 13.8. The molecule has 0 saturated heterocycles. The van der Waals surface area contributed by atoms with Gasteiger partial charge in [-0.15, -0.1) is 0 Å². The van der Waals surface area contributed by atoms with Gasteiger partial charge in [-0.3, -0.25) is 0 Å². The van der Waals surface area contributed by atoms with E-state index in [9.17, 15) is 0 Å². The van der Waals surface area contributed by atoms with E-state index in [-0.39, 0.29) is 0 Å². The summed E-state index contributed by atoms with van der Waals surface area (Å²) in [7, 11) is 0. The Balaban J connectivity index is 2.16. The predicted molar refractivity (Wildman–Crippen MR) is 74.4 cm³/mol. The normalized spacial score (nSPS) is 10.8. The number of nitrogens with two attached hydrogens (primary N) is 1. The van der Waals surface area contributed by atoms with Gasteiger partial charge in [0.1, 0.15) is 0 Å². The number of unbranched alkanes of at least 4 members (excludes halogenated alkanes) is 1. The van der Waals surface area contributed by atoms with Crippen molar-refractivity contribution in [3.05, 3.63) is 23.8 Å². The van der Waals surface area contributed by atoms with Crippen LogP contribution in [0.5, 0.6) is 0 Å². The van der Waals surface area contributed by atoms with Crippen LogP contribution in [0.2, 0.25) is 0 Å². The predicted octanol–water partition coefficient (Wildman–Crippen LogP) is 3.19. The molecule has 0 aromatic heterocycles. The van der Waals surface area contributed by atoms with E-state index in [1.54, 1.807) is 0 Å². The number of nitrogens with one attached hydrogen (secondary N) is 1. The summed E-state index contributed by atoms with van der Waals surface area (Å²) in [4.78, 5) is 0. The number of hydrogen-bond acceptors (Lipinski definition) is 3. The van der Waals surface area contributed by atoms with Crippen molar-refractivity contribution in [3.8, 4) is 0 Å². The Bertz CT molecular complexity index is 337. The smallest absolute Gasteiger partial charge is 0.0518 e. The molecule has 0 aliphatic rings. The van der Waals surface area contributed by atoms with Crippen molar-refractivity contribution in [3.63, 3.8) is 0 Å². The highest BCUT2D eigenvalue weighted by Crippen LogP contribution is 2.16. The zero-order valence-electron chi connectivity index (χ0n) is 11.1. The topological polar surface area (TPSA) is 47.3 Å². The van der Waals surface area contributed by atoms with Gasteiger partial charge in [0.05, 0.1) is 6.10 Å². The van der Waals surface area contributed by atoms with Crippen LogP contribution in [-0.2, 0) is 4.74 Å². The maximum atomic E-state index is 5.77. The Morgan fingerprint density at radius 3 is 2.71 bits per heavy atom. The van der Waals surface area contributed by atoms with Crippen LogP contribution in [0.1, 0.15) is 32.3 Å². The summed E-state index contributed by atoms with van der Waals surface area (Å²) in [5, 5.41) is 3.39. The van der Waals surface area contributed by atoms with Crippen LogP contribution in [0, 0.1) is 6.92 Å². The highest BCUT2D eigenvalue weighted by atomic mass is 16.5. The number of rotatable bonds is 7. The molecule has 0 aliphatic heterocycles. The van der Waals surface area contributed by atoms with E-state index in [0.29, 0.717) is 6.10 Å². The van der Waals surface area contributed by atoms with Crippen LogP contribution in [0.25, 0.3) is 0 Å². The molecule has 96 valence electrons. The average molecular weight is 236 g/mol. The second-order valence-corrected chi connectivity index (χ2v) is 4.62. The summed E-state index contributed by atoms with van der Waals surface area (Å²) in [6.45, 7) is 7.98. The number of nitrogen functional groups attached to an aromatic ring is 1. The molecule has 0 atom stereocenters. The third kappa shape index (κ3) is 5.59. The van der Waals surface area contributed by atoms with Gasteiger partial charge in [-0.05, 0) is 57.4 Å². The lowest BCUT2D eigenvalue weighted by molar-refractivity contribution is 0.0765. The van der Waals surface area contributed by atoms with Gasteiger partial charge in [-0.2, -0.15) is 0 Å². The molecular weight excluding hydrogens is 212 g/mol. The lowest BCUT2D eigenvalue weighted by Crippen LogP contribution is -2.07. The molecule has 3 N–H and O–H groups in total. The van der Waals surface area contributed by atoms with E-state index in [1.165, 1.54) is 0 Å². The molecule has 0 radical (unpaired) electrons. The Labute approximate surface area is 104 Å². The molecule has 17 heavy (non-hydrogen) atoms. The van der Waals surface area contributed by atoms with Crippen molar-refractivity contribution < 1.29 is 4.74 Å². The molecule has 1 aromatic rings. The van der Waals surface area contributed by atoms with Crippen molar-refractivity contribution in [1.82, 2.24) is 0 Å². The van der Waals surface area contributed by atoms with Crippen LogP contribution in [-0.4, -0.2) is 19.3 Å². The fourth-order valence-corrected chi connectivity index (χ4v) is 1.56. The van der Waals surface area contributed by atoms with E-state index < -0.39 is 0 Å². The average Bonchev–Trinajstić information content (AvgIpc) is 2.27. The minimum Gasteiger partial charge on any atom is -0.399 e. The van der Waals surface area contributed by atoms with Gasteiger partial charge in [0, 0.05) is 24.5 Å². The Hall–Kier alpha value is -1.22. The fourth-order valence-electron chi connectivity index (χ4n) is 1.56. The van der Waals surface area contributed by atoms with Gasteiger partial charge in [0.2, 0.25) is 0 Å². The summed E-state index contributed by atoms with van der Waals surface area (Å²) in [6, 6.07) is 6.05. The van der Waals surface area contributed by atoms with E-state index in [4.69, 9.17) is 10.5 Å². The molecular formula is C14H24N2O. The second kappa shape index (κ2) is 7.17. The molecule has 0 spiro atoms. The molecule has 3 heteroatoms. The maximum Gasteiger partial charge on any atom is 0.0518 e. The van der Waals surface area contributed by atoms with Crippen LogP contribution in [0.3, 0.4) is 0 Å². The minimum atomic E-state index is 0.336. The summed E-state index contributed by atoms with van der Waals surface area (Å²) in [5.41, 5.74) is 8.88. The number of hydrogen-bond donors (Lipinski definition) is 2. The first-order chi connectivity index (χ1) is 8.09. The molecule has 0 fully saturated rings. The van der Waals surface area contributed by atoms with Crippen LogP contribution < -0.4 is 11.1 Å². The molecule has 1 rings (SSSR count). The first-order valence-corrected chi connectivity index (χ1v) is 6.31. The number of aryl methyl sites for hydroxylation is 1. The molecule has 0 aliphatic carbocycles. The summed E-state index contributed by atoms with van der Waals surface area (Å²) >= 11 is 0. The van der Waals surface area contributed by atoms with Crippen LogP contribution in [0.15, 0.2) is 18.2 Å². The molecule has 0 amide bonds. The van der Waals surface area contributed by atoms with Gasteiger partial charge in [0.25, 0.3) is 0 Å². The van der Waals surface area contributed by atoms with Gasteiger partial charge in [0.15, 0.2) is 0 Å². The fraction of sp³-hybridized carbons (Fsp3) is 0.571. The van der Waals surface area contributed by atoms with Crippen molar-refractivity contribution >= 4 is 11.4 Å². The molecule has 0 unspecified atom stereocenters. The van der Waals surface area contributed by atoms with E-state index in [0.717, 1.165) is 42.9 Å². The highest BCUT2D eigenvalue weighted by Gasteiger charge is 1.97. The third-order valence-electron chi connectivity index (χ3n) is 2.62. The zero-order chi connectivity index (χ0) is 12.7. The van der Waals surface area contributed by atoms with Gasteiger partial charge in [-0.25, -0.2) is 0 Å². The Morgan fingerprint density at radius 2 is 2.06 bits per heavy atom. The molecule has 0 heterocycles. The van der Waals surface area contributed by atoms with Crippen molar-refractivity contribution in [1.29, 1.82) is 0 Å². The molecule has 0 saturated carbocycles. The number of ether oxygens (including phenoxy) is 1. The quantitative estimate of drug-likeness (QED) is 0.564.